The van der Waals surface area contributed by atoms with E-state index in [0.717, 1.165) is 12.8 Å². The van der Waals surface area contributed by atoms with E-state index < -0.39 is 0 Å². The number of hydrogen-bond donors (Lipinski definition) is 1. The van der Waals surface area contributed by atoms with Crippen LogP contribution in [0.5, 0.6) is 0 Å². The molecule has 0 spiro atoms. The van der Waals surface area contributed by atoms with Gasteiger partial charge in [0, 0.05) is 4.90 Å². The number of benzene rings is 1. The van der Waals surface area contributed by atoms with Crippen molar-refractivity contribution in [1.29, 1.82) is 0 Å². The van der Waals surface area contributed by atoms with Gasteiger partial charge in [-0.15, -0.1) is 11.8 Å². The molecule has 5 nitrogen and oxygen atoms in total. The van der Waals surface area contributed by atoms with Gasteiger partial charge in [0.05, 0.1) is 24.5 Å². The molecule has 1 aromatic carbocycles. The topological polar surface area (TPSA) is 74.2 Å². The van der Waals surface area contributed by atoms with Crippen molar-refractivity contribution in [3.05, 3.63) is 42.0 Å². The van der Waals surface area contributed by atoms with E-state index >= 15 is 0 Å². The zero-order valence-electron chi connectivity index (χ0n) is 11.8. The van der Waals surface area contributed by atoms with Gasteiger partial charge >= 0.3 is 0 Å². The third kappa shape index (κ3) is 4.06. The van der Waals surface area contributed by atoms with Gasteiger partial charge in [-0.1, -0.05) is 23.4 Å². The molecule has 1 unspecified atom stereocenters. The Labute approximate surface area is 128 Å². The summed E-state index contributed by atoms with van der Waals surface area (Å²) in [6.07, 6.45) is 3.90. The molecule has 0 amide bonds. The first-order valence-electron chi connectivity index (χ1n) is 7.19. The summed E-state index contributed by atoms with van der Waals surface area (Å²) < 4.78 is 10.9. The van der Waals surface area contributed by atoms with Crippen molar-refractivity contribution < 1.29 is 9.26 Å². The first-order valence-corrected chi connectivity index (χ1v) is 8.17. The smallest absolute Gasteiger partial charge is 0.237 e. The predicted octanol–water partition coefficient (Wildman–Crippen LogP) is 2.93. The molecule has 2 N–H and O–H groups in total. The standard InChI is InChI=1S/C15H19N3O2S/c16-13(9-19-11-5-4-6-11)15-17-14(20-18-15)10-21-12-7-2-1-3-8-12/h1-3,7-8,11,13H,4-6,9-10,16H2. The van der Waals surface area contributed by atoms with Crippen LogP contribution >= 0.6 is 11.8 Å². The molecule has 21 heavy (non-hydrogen) atoms. The lowest BCUT2D eigenvalue weighted by Crippen LogP contribution is -2.27. The Morgan fingerprint density at radius 2 is 2.14 bits per heavy atom. The molecule has 0 aliphatic heterocycles. The van der Waals surface area contributed by atoms with E-state index in [1.165, 1.54) is 11.3 Å². The average Bonchev–Trinajstić information content (AvgIpc) is 2.93. The second-order valence-corrected chi connectivity index (χ2v) is 6.19. The molecule has 1 saturated carbocycles. The molecule has 6 heteroatoms. The van der Waals surface area contributed by atoms with Crippen molar-refractivity contribution in [1.82, 2.24) is 10.1 Å². The summed E-state index contributed by atoms with van der Waals surface area (Å²) in [6.45, 7) is 0.454. The van der Waals surface area contributed by atoms with Crippen LogP contribution in [0, 0.1) is 0 Å². The van der Waals surface area contributed by atoms with Gasteiger partial charge < -0.3 is 15.0 Å². The van der Waals surface area contributed by atoms with Crippen LogP contribution < -0.4 is 5.73 Å². The maximum Gasteiger partial charge on any atom is 0.237 e. The molecule has 3 rings (SSSR count). The number of nitrogens with two attached hydrogens (primary N) is 1. The molecular formula is C15H19N3O2S. The minimum absolute atomic E-state index is 0.315. The van der Waals surface area contributed by atoms with Crippen LogP contribution in [0.4, 0.5) is 0 Å². The highest BCUT2D eigenvalue weighted by Crippen LogP contribution is 2.24. The molecule has 0 radical (unpaired) electrons. The largest absolute Gasteiger partial charge is 0.376 e. The molecule has 0 bridgehead atoms. The van der Waals surface area contributed by atoms with Crippen LogP contribution in [0.3, 0.4) is 0 Å². The minimum atomic E-state index is -0.315. The van der Waals surface area contributed by atoms with Crippen molar-refractivity contribution in [2.45, 2.75) is 42.1 Å². The zero-order chi connectivity index (χ0) is 14.5. The van der Waals surface area contributed by atoms with Crippen LogP contribution in [-0.4, -0.2) is 22.9 Å². The molecule has 1 aromatic heterocycles. The van der Waals surface area contributed by atoms with E-state index in [1.807, 2.05) is 18.2 Å². The van der Waals surface area contributed by atoms with Gasteiger partial charge in [0.25, 0.3) is 0 Å². The molecule has 1 fully saturated rings. The van der Waals surface area contributed by atoms with Crippen LogP contribution in [0.15, 0.2) is 39.8 Å². The van der Waals surface area contributed by atoms with Crippen LogP contribution in [0.2, 0.25) is 0 Å². The molecule has 1 aliphatic carbocycles. The minimum Gasteiger partial charge on any atom is -0.376 e. The number of ether oxygens (including phenoxy) is 1. The summed E-state index contributed by atoms with van der Waals surface area (Å²) in [5.74, 6) is 1.77. The molecule has 0 saturated heterocycles. The fraction of sp³-hybridized carbons (Fsp3) is 0.467. The third-order valence-corrected chi connectivity index (χ3v) is 4.48. The number of aromatic nitrogens is 2. The van der Waals surface area contributed by atoms with Crippen molar-refractivity contribution >= 4 is 11.8 Å². The van der Waals surface area contributed by atoms with Crippen LogP contribution in [0.25, 0.3) is 0 Å². The molecule has 1 atom stereocenters. The Bertz CT molecular complexity index is 557. The van der Waals surface area contributed by atoms with Crippen molar-refractivity contribution in [2.24, 2.45) is 5.73 Å². The third-order valence-electron chi connectivity index (χ3n) is 3.48. The van der Waals surface area contributed by atoms with Crippen molar-refractivity contribution in [3.63, 3.8) is 0 Å². The van der Waals surface area contributed by atoms with E-state index in [9.17, 15) is 0 Å². The maximum absolute atomic E-state index is 6.03. The Morgan fingerprint density at radius 1 is 1.33 bits per heavy atom. The van der Waals surface area contributed by atoms with E-state index in [-0.39, 0.29) is 6.04 Å². The summed E-state index contributed by atoms with van der Waals surface area (Å²) in [7, 11) is 0. The highest BCUT2D eigenvalue weighted by Gasteiger charge is 2.21. The van der Waals surface area contributed by atoms with Crippen LogP contribution in [0.1, 0.15) is 37.0 Å². The van der Waals surface area contributed by atoms with Crippen molar-refractivity contribution in [2.75, 3.05) is 6.61 Å². The number of hydrogen-bond acceptors (Lipinski definition) is 6. The number of nitrogens with zero attached hydrogens (tertiary/aromatic N) is 2. The fourth-order valence-electron chi connectivity index (χ4n) is 1.99. The monoisotopic (exact) mass is 305 g/mol. The number of rotatable bonds is 7. The van der Waals surface area contributed by atoms with Gasteiger partial charge in [0.1, 0.15) is 0 Å². The molecule has 112 valence electrons. The Hall–Kier alpha value is -1.37. The lowest BCUT2D eigenvalue weighted by Gasteiger charge is -2.26. The predicted molar refractivity (Wildman–Crippen MR) is 80.8 cm³/mol. The average molecular weight is 305 g/mol. The van der Waals surface area contributed by atoms with E-state index in [4.69, 9.17) is 15.0 Å². The van der Waals surface area contributed by atoms with E-state index in [1.54, 1.807) is 11.8 Å². The maximum atomic E-state index is 6.03. The Kier molecular flexibility index (Phi) is 4.90. The molecular weight excluding hydrogens is 286 g/mol. The summed E-state index contributed by atoms with van der Waals surface area (Å²) in [5, 5.41) is 3.95. The normalized spacial score (nSPS) is 16.6. The zero-order valence-corrected chi connectivity index (χ0v) is 12.6. The second-order valence-electron chi connectivity index (χ2n) is 5.14. The molecule has 1 heterocycles. The Balaban J connectivity index is 1.48. The van der Waals surface area contributed by atoms with Crippen molar-refractivity contribution in [3.8, 4) is 0 Å². The SMILES string of the molecule is NC(COC1CCC1)c1noc(CSc2ccccc2)n1. The summed E-state index contributed by atoms with van der Waals surface area (Å²) in [4.78, 5) is 5.52. The molecule has 1 aliphatic rings. The second kappa shape index (κ2) is 7.06. The highest BCUT2D eigenvalue weighted by atomic mass is 32.2. The van der Waals surface area contributed by atoms with Gasteiger partial charge in [0.15, 0.2) is 5.82 Å². The van der Waals surface area contributed by atoms with Gasteiger partial charge in [-0.05, 0) is 31.4 Å². The Morgan fingerprint density at radius 3 is 2.86 bits per heavy atom. The number of thioether (sulfide) groups is 1. The first kappa shape index (κ1) is 14.6. The van der Waals surface area contributed by atoms with Gasteiger partial charge in [-0.25, -0.2) is 0 Å². The quantitative estimate of drug-likeness (QED) is 0.793. The van der Waals surface area contributed by atoms with Gasteiger partial charge in [0.2, 0.25) is 5.89 Å². The summed E-state index contributed by atoms with van der Waals surface area (Å²) in [6, 6.07) is 9.81. The van der Waals surface area contributed by atoms with E-state index in [2.05, 4.69) is 22.3 Å². The van der Waals surface area contributed by atoms with E-state index in [0.29, 0.717) is 30.2 Å². The summed E-state index contributed by atoms with van der Waals surface area (Å²) >= 11 is 1.66. The lowest BCUT2D eigenvalue weighted by atomic mass is 9.96. The first-order chi connectivity index (χ1) is 10.3. The fourth-order valence-corrected chi connectivity index (χ4v) is 2.75. The highest BCUT2D eigenvalue weighted by molar-refractivity contribution is 7.98. The van der Waals surface area contributed by atoms with Gasteiger partial charge in [-0.2, -0.15) is 4.98 Å². The summed E-state index contributed by atoms with van der Waals surface area (Å²) in [5.41, 5.74) is 6.03. The molecule has 2 aromatic rings. The lowest BCUT2D eigenvalue weighted by molar-refractivity contribution is -0.00549. The van der Waals surface area contributed by atoms with Gasteiger partial charge in [-0.3, -0.25) is 0 Å². The van der Waals surface area contributed by atoms with Crippen LogP contribution in [-0.2, 0) is 10.5 Å².